The zero-order valence-electron chi connectivity index (χ0n) is 6.08. The Morgan fingerprint density at radius 1 is 1.36 bits per heavy atom. The van der Waals surface area contributed by atoms with E-state index in [2.05, 4.69) is 0 Å². The molecule has 0 radical (unpaired) electrons. The van der Waals surface area contributed by atoms with Crippen LogP contribution in [0.25, 0.3) is 0 Å². The number of aliphatic hydroxyl groups excluding tert-OH is 1. The lowest BCUT2D eigenvalue weighted by Gasteiger charge is -2.04. The molecule has 60 valence electrons. The van der Waals surface area contributed by atoms with E-state index < -0.39 is 12.1 Å². The Morgan fingerprint density at radius 3 is 2.45 bits per heavy atom. The number of aryl methyl sites for hydroxylation is 1. The molecule has 0 spiro atoms. The van der Waals surface area contributed by atoms with Crippen LogP contribution in [0.4, 0.5) is 4.39 Å². The van der Waals surface area contributed by atoms with Gasteiger partial charge in [-0.2, -0.15) is 0 Å². The van der Waals surface area contributed by atoms with Gasteiger partial charge < -0.3 is 10.2 Å². The van der Waals surface area contributed by atoms with Crippen LogP contribution in [0.15, 0.2) is 18.2 Å². The summed E-state index contributed by atoms with van der Waals surface area (Å²) >= 11 is 0. The first-order valence-electron chi connectivity index (χ1n) is 3.23. The van der Waals surface area contributed by atoms with Crippen LogP contribution in [-0.2, 0) is 0 Å². The Morgan fingerprint density at radius 2 is 2.00 bits per heavy atom. The van der Waals surface area contributed by atoms with Crippen molar-refractivity contribution in [1.82, 2.24) is 0 Å². The molecule has 0 atom stereocenters. The predicted octanol–water partition coefficient (Wildman–Crippen LogP) is 1.12. The normalized spacial score (nSPS) is 10.6. The van der Waals surface area contributed by atoms with Crippen LogP contribution < -0.4 is 0 Å². The summed E-state index contributed by atoms with van der Waals surface area (Å²) in [4.78, 5) is 0. The molecule has 0 bridgehead atoms. The van der Waals surface area contributed by atoms with Crippen LogP contribution in [0.3, 0.4) is 0 Å². The second-order valence-electron chi connectivity index (χ2n) is 2.40. The predicted molar refractivity (Wildman–Crippen MR) is 38.3 cm³/mol. The fourth-order valence-electron chi connectivity index (χ4n) is 0.842. The van der Waals surface area contributed by atoms with Gasteiger partial charge in [-0.1, -0.05) is 12.1 Å². The number of aliphatic hydroxyl groups is 2. The van der Waals surface area contributed by atoms with E-state index in [0.717, 1.165) is 5.56 Å². The average molecular weight is 156 g/mol. The molecule has 0 aromatic heterocycles. The maximum atomic E-state index is 12.8. The van der Waals surface area contributed by atoms with Gasteiger partial charge in [-0.05, 0) is 18.6 Å². The molecule has 0 aliphatic heterocycles. The van der Waals surface area contributed by atoms with Crippen LogP contribution in [0, 0.1) is 12.7 Å². The van der Waals surface area contributed by atoms with E-state index in [-0.39, 0.29) is 5.56 Å². The second kappa shape index (κ2) is 2.98. The van der Waals surface area contributed by atoms with Crippen molar-refractivity contribution < 1.29 is 14.6 Å². The van der Waals surface area contributed by atoms with Gasteiger partial charge in [0, 0.05) is 5.56 Å². The first kappa shape index (κ1) is 8.17. The van der Waals surface area contributed by atoms with Crippen molar-refractivity contribution >= 4 is 0 Å². The summed E-state index contributed by atoms with van der Waals surface area (Å²) in [5.41, 5.74) is 0.669. The molecule has 0 aliphatic carbocycles. The molecule has 0 unspecified atom stereocenters. The fraction of sp³-hybridized carbons (Fsp3) is 0.250. The third-order valence-corrected chi connectivity index (χ3v) is 1.43. The number of halogens is 1. The van der Waals surface area contributed by atoms with E-state index in [1.807, 2.05) is 0 Å². The molecule has 0 saturated carbocycles. The third-order valence-electron chi connectivity index (χ3n) is 1.43. The Bertz CT molecular complexity index is 258. The lowest BCUT2D eigenvalue weighted by molar-refractivity contribution is -0.0449. The number of benzene rings is 1. The van der Waals surface area contributed by atoms with Crippen LogP contribution in [0.5, 0.6) is 0 Å². The molecule has 0 fully saturated rings. The van der Waals surface area contributed by atoms with Crippen LogP contribution in [0.2, 0.25) is 0 Å². The highest BCUT2D eigenvalue weighted by Gasteiger charge is 2.07. The summed E-state index contributed by atoms with van der Waals surface area (Å²) < 4.78 is 12.8. The first-order chi connectivity index (χ1) is 5.11. The van der Waals surface area contributed by atoms with Gasteiger partial charge in [-0.3, -0.25) is 0 Å². The summed E-state index contributed by atoms with van der Waals surface area (Å²) in [5, 5.41) is 17.2. The summed E-state index contributed by atoms with van der Waals surface area (Å²) in [7, 11) is 0. The van der Waals surface area contributed by atoms with Crippen LogP contribution >= 0.6 is 0 Å². The molecule has 0 amide bonds. The van der Waals surface area contributed by atoms with E-state index in [1.165, 1.54) is 12.1 Å². The minimum atomic E-state index is -1.73. The molecule has 1 aromatic carbocycles. The van der Waals surface area contributed by atoms with Gasteiger partial charge in [0.25, 0.3) is 0 Å². The molecular formula is C8H9FO2. The Kier molecular flexibility index (Phi) is 2.22. The van der Waals surface area contributed by atoms with E-state index in [0.29, 0.717) is 0 Å². The number of hydrogen-bond donors (Lipinski definition) is 2. The minimum Gasteiger partial charge on any atom is -0.364 e. The van der Waals surface area contributed by atoms with Gasteiger partial charge in [0.1, 0.15) is 5.82 Å². The Hall–Kier alpha value is -0.930. The fourth-order valence-corrected chi connectivity index (χ4v) is 0.842. The molecule has 1 aromatic rings. The van der Waals surface area contributed by atoms with Crippen LogP contribution in [0.1, 0.15) is 17.4 Å². The lowest BCUT2D eigenvalue weighted by atomic mass is 10.1. The standard InChI is InChI=1S/C8H9FO2/c1-5-2-3-6(8(10)11)7(9)4-5/h2-4,8,10-11H,1H3. The first-order valence-corrected chi connectivity index (χ1v) is 3.23. The topological polar surface area (TPSA) is 40.5 Å². The molecule has 2 N–H and O–H groups in total. The SMILES string of the molecule is Cc1ccc(C(O)O)c(F)c1. The molecular weight excluding hydrogens is 147 g/mol. The zero-order chi connectivity index (χ0) is 8.43. The summed E-state index contributed by atoms with van der Waals surface area (Å²) in [5.74, 6) is -0.583. The van der Waals surface area contributed by atoms with Crippen molar-refractivity contribution in [2.45, 2.75) is 13.2 Å². The summed E-state index contributed by atoms with van der Waals surface area (Å²) in [6.07, 6.45) is -1.73. The van der Waals surface area contributed by atoms with Crippen molar-refractivity contribution in [3.05, 3.63) is 35.1 Å². The van der Waals surface area contributed by atoms with E-state index in [4.69, 9.17) is 10.2 Å². The molecule has 1 rings (SSSR count). The van der Waals surface area contributed by atoms with Crippen molar-refractivity contribution in [3.8, 4) is 0 Å². The van der Waals surface area contributed by atoms with Gasteiger partial charge >= 0.3 is 0 Å². The molecule has 0 heterocycles. The maximum Gasteiger partial charge on any atom is 0.181 e. The second-order valence-corrected chi connectivity index (χ2v) is 2.40. The highest BCUT2D eigenvalue weighted by Crippen LogP contribution is 2.15. The summed E-state index contributed by atoms with van der Waals surface area (Å²) in [6.45, 7) is 1.73. The van der Waals surface area contributed by atoms with Crippen LogP contribution in [-0.4, -0.2) is 10.2 Å². The largest absolute Gasteiger partial charge is 0.364 e. The quantitative estimate of drug-likeness (QED) is 0.598. The van der Waals surface area contributed by atoms with Gasteiger partial charge in [-0.15, -0.1) is 0 Å². The highest BCUT2D eigenvalue weighted by molar-refractivity contribution is 5.23. The van der Waals surface area contributed by atoms with E-state index in [1.54, 1.807) is 13.0 Å². The maximum absolute atomic E-state index is 12.8. The van der Waals surface area contributed by atoms with Crippen molar-refractivity contribution in [2.75, 3.05) is 0 Å². The Balaban J connectivity index is 3.09. The van der Waals surface area contributed by atoms with Crippen molar-refractivity contribution in [2.24, 2.45) is 0 Å². The monoisotopic (exact) mass is 156 g/mol. The molecule has 3 heteroatoms. The van der Waals surface area contributed by atoms with E-state index in [9.17, 15) is 4.39 Å². The lowest BCUT2D eigenvalue weighted by Crippen LogP contribution is -1.98. The number of hydrogen-bond acceptors (Lipinski definition) is 2. The van der Waals surface area contributed by atoms with Gasteiger partial charge in [0.15, 0.2) is 6.29 Å². The van der Waals surface area contributed by atoms with Gasteiger partial charge in [0.05, 0.1) is 0 Å². The molecule has 11 heavy (non-hydrogen) atoms. The minimum absolute atomic E-state index is 0.0874. The molecule has 0 saturated heterocycles. The Labute approximate surface area is 63.9 Å². The average Bonchev–Trinajstić information content (AvgIpc) is 1.85. The zero-order valence-corrected chi connectivity index (χ0v) is 6.08. The summed E-state index contributed by atoms with van der Waals surface area (Å²) in [6, 6.07) is 4.24. The van der Waals surface area contributed by atoms with Crippen molar-refractivity contribution in [3.63, 3.8) is 0 Å². The van der Waals surface area contributed by atoms with E-state index >= 15 is 0 Å². The third kappa shape index (κ3) is 1.76. The number of rotatable bonds is 1. The van der Waals surface area contributed by atoms with Gasteiger partial charge in [0.2, 0.25) is 0 Å². The molecule has 0 aliphatic rings. The smallest absolute Gasteiger partial charge is 0.181 e. The van der Waals surface area contributed by atoms with Crippen molar-refractivity contribution in [1.29, 1.82) is 0 Å². The van der Waals surface area contributed by atoms with Gasteiger partial charge in [-0.25, -0.2) is 4.39 Å². The highest BCUT2D eigenvalue weighted by atomic mass is 19.1. The molecule has 2 nitrogen and oxygen atoms in total.